The zero-order valence-electron chi connectivity index (χ0n) is 12.6. The van der Waals surface area contributed by atoms with Crippen LogP contribution in [0.1, 0.15) is 38.2 Å². The molecule has 0 radical (unpaired) electrons. The molecular weight excluding hydrogens is 250 g/mol. The van der Waals surface area contributed by atoms with Crippen molar-refractivity contribution in [3.63, 3.8) is 0 Å². The fourth-order valence-corrected chi connectivity index (χ4v) is 2.23. The molecule has 2 aromatic rings. The summed E-state index contributed by atoms with van der Waals surface area (Å²) in [5.41, 5.74) is 1.19. The van der Waals surface area contributed by atoms with Crippen LogP contribution in [-0.4, -0.2) is 22.2 Å². The highest BCUT2D eigenvalue weighted by molar-refractivity contribution is 5.32. The van der Waals surface area contributed by atoms with Gasteiger partial charge in [0.15, 0.2) is 0 Å². The number of hydrogen-bond acceptors (Lipinski definition) is 3. The van der Waals surface area contributed by atoms with Gasteiger partial charge in [0.2, 0.25) is 0 Å². The maximum atomic E-state index is 5.68. The Morgan fingerprint density at radius 1 is 1.25 bits per heavy atom. The van der Waals surface area contributed by atoms with E-state index in [0.717, 1.165) is 18.1 Å². The van der Waals surface area contributed by atoms with Crippen molar-refractivity contribution in [1.29, 1.82) is 0 Å². The number of hydrogen-bond donors (Lipinski definition) is 1. The molecule has 0 aliphatic heterocycles. The minimum absolute atomic E-state index is 0.105. The number of nitrogens with one attached hydrogen (secondary N) is 1. The highest BCUT2D eigenvalue weighted by Crippen LogP contribution is 2.23. The molecule has 1 atom stereocenters. The van der Waals surface area contributed by atoms with E-state index in [1.54, 1.807) is 0 Å². The lowest BCUT2D eigenvalue weighted by molar-refractivity contribution is 0.242. The summed E-state index contributed by atoms with van der Waals surface area (Å²) in [7, 11) is 2.02. The zero-order valence-corrected chi connectivity index (χ0v) is 12.6. The molecule has 0 fully saturated rings. The Balaban J connectivity index is 2.24. The van der Waals surface area contributed by atoms with Crippen LogP contribution in [0.5, 0.6) is 5.75 Å². The largest absolute Gasteiger partial charge is 0.491 e. The molecule has 1 aromatic carbocycles. The maximum Gasteiger partial charge on any atom is 0.130 e. The first-order chi connectivity index (χ1) is 9.61. The summed E-state index contributed by atoms with van der Waals surface area (Å²) in [5, 5.41) is 3.48. The predicted octanol–water partition coefficient (Wildman–Crippen LogP) is 2.91. The van der Waals surface area contributed by atoms with E-state index >= 15 is 0 Å². The third-order valence-electron chi connectivity index (χ3n) is 3.11. The number of aromatic nitrogens is 2. The summed E-state index contributed by atoms with van der Waals surface area (Å²) in [5.74, 6) is 1.92. The SMILES string of the molecule is CCNC(c1ccc(OC(C)C)cc1)c1nccn1C. The number of ether oxygens (including phenoxy) is 1. The number of rotatable bonds is 6. The van der Waals surface area contributed by atoms with Crippen molar-refractivity contribution in [1.82, 2.24) is 14.9 Å². The second-order valence-corrected chi connectivity index (χ2v) is 5.12. The van der Waals surface area contributed by atoms with Gasteiger partial charge in [0.25, 0.3) is 0 Å². The van der Waals surface area contributed by atoms with Crippen molar-refractivity contribution < 1.29 is 4.74 Å². The van der Waals surface area contributed by atoms with Crippen molar-refractivity contribution in [3.8, 4) is 5.75 Å². The normalized spacial score (nSPS) is 12.7. The summed E-state index contributed by atoms with van der Waals surface area (Å²) in [6.45, 7) is 7.06. The third kappa shape index (κ3) is 3.39. The molecule has 20 heavy (non-hydrogen) atoms. The molecule has 1 aromatic heterocycles. The topological polar surface area (TPSA) is 39.1 Å². The van der Waals surface area contributed by atoms with Gasteiger partial charge in [-0.1, -0.05) is 19.1 Å². The number of aryl methyl sites for hydroxylation is 1. The third-order valence-corrected chi connectivity index (χ3v) is 3.11. The van der Waals surface area contributed by atoms with Crippen molar-refractivity contribution in [2.75, 3.05) is 6.54 Å². The van der Waals surface area contributed by atoms with Gasteiger partial charge in [0.1, 0.15) is 11.6 Å². The molecule has 0 bridgehead atoms. The molecule has 1 N–H and O–H groups in total. The molecule has 2 rings (SSSR count). The van der Waals surface area contributed by atoms with E-state index in [1.165, 1.54) is 5.56 Å². The maximum absolute atomic E-state index is 5.68. The second-order valence-electron chi connectivity index (χ2n) is 5.12. The Bertz CT molecular complexity index is 531. The molecule has 0 saturated carbocycles. The van der Waals surface area contributed by atoms with Gasteiger partial charge in [-0.2, -0.15) is 0 Å². The molecule has 1 unspecified atom stereocenters. The minimum atomic E-state index is 0.105. The van der Waals surface area contributed by atoms with Crippen LogP contribution in [0.2, 0.25) is 0 Å². The van der Waals surface area contributed by atoms with Crippen LogP contribution < -0.4 is 10.1 Å². The van der Waals surface area contributed by atoms with Crippen molar-refractivity contribution in [2.24, 2.45) is 7.05 Å². The summed E-state index contributed by atoms with van der Waals surface area (Å²) >= 11 is 0. The van der Waals surface area contributed by atoms with Gasteiger partial charge >= 0.3 is 0 Å². The van der Waals surface area contributed by atoms with E-state index in [9.17, 15) is 0 Å². The standard InChI is InChI=1S/C16H23N3O/c1-5-17-15(16-18-10-11-19(16)4)13-6-8-14(9-7-13)20-12(2)3/h6-12,15,17H,5H2,1-4H3. The number of benzene rings is 1. The van der Waals surface area contributed by atoms with Crippen molar-refractivity contribution in [3.05, 3.63) is 48.0 Å². The van der Waals surface area contributed by atoms with Crippen LogP contribution in [0, 0.1) is 0 Å². The summed E-state index contributed by atoms with van der Waals surface area (Å²) in [4.78, 5) is 4.45. The first kappa shape index (κ1) is 14.6. The van der Waals surface area contributed by atoms with E-state index in [2.05, 4.69) is 29.4 Å². The Kier molecular flexibility index (Phi) is 4.79. The van der Waals surface area contributed by atoms with Gasteiger partial charge in [-0.05, 0) is 38.1 Å². The van der Waals surface area contributed by atoms with E-state index in [0.29, 0.717) is 0 Å². The van der Waals surface area contributed by atoms with E-state index in [1.807, 2.05) is 50.0 Å². The fourth-order valence-electron chi connectivity index (χ4n) is 2.23. The van der Waals surface area contributed by atoms with Gasteiger partial charge in [-0.25, -0.2) is 4.98 Å². The molecule has 0 amide bonds. The molecule has 108 valence electrons. The van der Waals surface area contributed by atoms with E-state index in [4.69, 9.17) is 4.74 Å². The highest BCUT2D eigenvalue weighted by Gasteiger charge is 2.17. The second kappa shape index (κ2) is 6.57. The lowest BCUT2D eigenvalue weighted by atomic mass is 10.1. The van der Waals surface area contributed by atoms with Crippen LogP contribution in [0.15, 0.2) is 36.7 Å². The highest BCUT2D eigenvalue weighted by atomic mass is 16.5. The van der Waals surface area contributed by atoms with Gasteiger partial charge < -0.3 is 14.6 Å². The molecule has 4 nitrogen and oxygen atoms in total. The van der Waals surface area contributed by atoms with E-state index < -0.39 is 0 Å². The van der Waals surface area contributed by atoms with E-state index in [-0.39, 0.29) is 12.1 Å². The van der Waals surface area contributed by atoms with Crippen LogP contribution in [0.3, 0.4) is 0 Å². The van der Waals surface area contributed by atoms with Gasteiger partial charge in [0.05, 0.1) is 12.1 Å². The summed E-state index contributed by atoms with van der Waals surface area (Å²) in [6.07, 6.45) is 3.99. The Morgan fingerprint density at radius 2 is 1.95 bits per heavy atom. The fraction of sp³-hybridized carbons (Fsp3) is 0.438. The average Bonchev–Trinajstić information content (AvgIpc) is 2.83. The summed E-state index contributed by atoms with van der Waals surface area (Å²) in [6, 6.07) is 8.33. The molecule has 0 aliphatic carbocycles. The molecule has 4 heteroatoms. The molecular formula is C16H23N3O. The van der Waals surface area contributed by atoms with Gasteiger partial charge in [-0.3, -0.25) is 0 Å². The Morgan fingerprint density at radius 3 is 2.45 bits per heavy atom. The van der Waals surface area contributed by atoms with Crippen LogP contribution >= 0.6 is 0 Å². The predicted molar refractivity (Wildman–Crippen MR) is 80.9 cm³/mol. The molecule has 1 heterocycles. The molecule has 0 spiro atoms. The van der Waals surface area contributed by atoms with Crippen LogP contribution in [0.25, 0.3) is 0 Å². The van der Waals surface area contributed by atoms with Crippen LogP contribution in [0.4, 0.5) is 0 Å². The molecule has 0 saturated heterocycles. The first-order valence-electron chi connectivity index (χ1n) is 7.09. The van der Waals surface area contributed by atoms with Gasteiger partial charge in [-0.15, -0.1) is 0 Å². The lowest BCUT2D eigenvalue weighted by Crippen LogP contribution is -2.24. The monoisotopic (exact) mass is 273 g/mol. The lowest BCUT2D eigenvalue weighted by Gasteiger charge is -2.19. The smallest absolute Gasteiger partial charge is 0.130 e. The molecule has 0 aliphatic rings. The number of imidazole rings is 1. The zero-order chi connectivity index (χ0) is 14.5. The summed E-state index contributed by atoms with van der Waals surface area (Å²) < 4.78 is 7.73. The Hall–Kier alpha value is -1.81. The minimum Gasteiger partial charge on any atom is -0.491 e. The average molecular weight is 273 g/mol. The van der Waals surface area contributed by atoms with Crippen molar-refractivity contribution in [2.45, 2.75) is 32.9 Å². The van der Waals surface area contributed by atoms with Crippen molar-refractivity contribution >= 4 is 0 Å². The quantitative estimate of drug-likeness (QED) is 0.879. The Labute approximate surface area is 120 Å². The van der Waals surface area contributed by atoms with Gasteiger partial charge in [0, 0.05) is 19.4 Å². The number of nitrogens with zero attached hydrogens (tertiary/aromatic N) is 2. The van der Waals surface area contributed by atoms with Crippen LogP contribution in [-0.2, 0) is 7.05 Å². The first-order valence-corrected chi connectivity index (χ1v) is 7.09.